The summed E-state index contributed by atoms with van der Waals surface area (Å²) in [5.74, 6) is -1.17. The lowest BCUT2D eigenvalue weighted by Crippen LogP contribution is -2.43. The van der Waals surface area contributed by atoms with Crippen molar-refractivity contribution in [1.82, 2.24) is 4.90 Å². The van der Waals surface area contributed by atoms with Crippen LogP contribution in [0, 0.1) is 0 Å². The van der Waals surface area contributed by atoms with Gasteiger partial charge in [-0.25, -0.2) is 8.42 Å². The molecule has 3 rings (SSSR count). The number of para-hydroxylation sites is 1. The molecule has 1 amide bonds. The summed E-state index contributed by atoms with van der Waals surface area (Å²) in [6.45, 7) is 2.63. The maximum absolute atomic E-state index is 12.8. The fourth-order valence-electron chi connectivity index (χ4n) is 2.88. The number of ether oxygens (including phenoxy) is 1. The Morgan fingerprint density at radius 3 is 2.56 bits per heavy atom. The Kier molecular flexibility index (Phi) is 4.76. The molecule has 0 atom stereocenters. The van der Waals surface area contributed by atoms with Gasteiger partial charge in [-0.15, -0.1) is 0 Å². The second kappa shape index (κ2) is 6.83. The topological polar surface area (TPSA) is 96.3 Å². The van der Waals surface area contributed by atoms with Crippen LogP contribution < -0.4 is 5.01 Å². The minimum atomic E-state index is -4.04. The Bertz CT molecular complexity index is 828. The molecule has 1 fully saturated rings. The number of carbonyl (C=O) groups excluding carboxylic acids is 2. The van der Waals surface area contributed by atoms with E-state index < -0.39 is 26.8 Å². The number of amides is 1. The summed E-state index contributed by atoms with van der Waals surface area (Å²) >= 11 is 0. The van der Waals surface area contributed by atoms with Crippen LogP contribution in [0.25, 0.3) is 0 Å². The first kappa shape index (κ1) is 17.4. The van der Waals surface area contributed by atoms with Crippen molar-refractivity contribution >= 4 is 32.4 Å². The molecule has 0 bridgehead atoms. The lowest BCUT2D eigenvalue weighted by atomic mass is 10.3. The highest BCUT2D eigenvalue weighted by Gasteiger charge is 2.40. The van der Waals surface area contributed by atoms with Crippen molar-refractivity contribution < 1.29 is 22.7 Å². The molecule has 0 aromatic heterocycles. The first-order valence-electron chi connectivity index (χ1n) is 8.10. The molecule has 1 aromatic carbocycles. The normalized spacial score (nSPS) is 18.5. The Labute approximate surface area is 146 Å². The molecule has 25 heavy (non-hydrogen) atoms. The van der Waals surface area contributed by atoms with E-state index in [-0.39, 0.29) is 23.7 Å². The predicted octanol–water partition coefficient (Wildman–Crippen LogP) is 0.779. The zero-order chi connectivity index (χ0) is 18.0. The molecule has 1 aromatic rings. The summed E-state index contributed by atoms with van der Waals surface area (Å²) in [5.41, 5.74) is 0.258. The first-order chi connectivity index (χ1) is 11.9. The number of hydrogen-bond donors (Lipinski definition) is 0. The monoisotopic (exact) mass is 365 g/mol. The third-order valence-corrected chi connectivity index (χ3v) is 5.75. The SMILES string of the molecule is CCOC(=O)CN1N=C(C(=O)N2CCCC2)S(=O)(=O)c2ccccc21. The van der Waals surface area contributed by atoms with Crippen LogP contribution in [0.2, 0.25) is 0 Å². The average molecular weight is 365 g/mol. The van der Waals surface area contributed by atoms with Crippen molar-refractivity contribution in [2.45, 2.75) is 24.7 Å². The van der Waals surface area contributed by atoms with Crippen LogP contribution in [0.5, 0.6) is 0 Å². The van der Waals surface area contributed by atoms with Crippen molar-refractivity contribution in [3.05, 3.63) is 24.3 Å². The Morgan fingerprint density at radius 1 is 1.20 bits per heavy atom. The molecule has 2 aliphatic rings. The predicted molar refractivity (Wildman–Crippen MR) is 90.9 cm³/mol. The molecule has 8 nitrogen and oxygen atoms in total. The van der Waals surface area contributed by atoms with Crippen molar-refractivity contribution in [1.29, 1.82) is 0 Å². The minimum absolute atomic E-state index is 0.0307. The largest absolute Gasteiger partial charge is 0.465 e. The standard InChI is InChI=1S/C16H19N3O5S/c1-2-24-14(20)11-19-12-7-3-4-8-13(12)25(22,23)15(17-19)16(21)18-9-5-6-10-18/h3-4,7-8H,2,5-6,9-11H2,1H3. The molecule has 134 valence electrons. The molecule has 0 radical (unpaired) electrons. The number of carbonyl (C=O) groups is 2. The van der Waals surface area contributed by atoms with E-state index in [9.17, 15) is 18.0 Å². The highest BCUT2D eigenvalue weighted by Crippen LogP contribution is 2.32. The van der Waals surface area contributed by atoms with Gasteiger partial charge in [0, 0.05) is 13.1 Å². The zero-order valence-corrected chi connectivity index (χ0v) is 14.7. The zero-order valence-electron chi connectivity index (χ0n) is 13.8. The van der Waals surface area contributed by atoms with E-state index in [1.807, 2.05) is 0 Å². The van der Waals surface area contributed by atoms with Crippen LogP contribution in [0.3, 0.4) is 0 Å². The third-order valence-electron chi connectivity index (χ3n) is 4.06. The maximum atomic E-state index is 12.8. The summed E-state index contributed by atoms with van der Waals surface area (Å²) in [6, 6.07) is 6.18. The number of likely N-dealkylation sites (tertiary alicyclic amines) is 1. The van der Waals surface area contributed by atoms with Gasteiger partial charge in [0.05, 0.1) is 17.2 Å². The summed E-state index contributed by atoms with van der Waals surface area (Å²) < 4.78 is 30.6. The van der Waals surface area contributed by atoms with Crippen LogP contribution in [-0.4, -0.2) is 56.5 Å². The number of benzene rings is 1. The number of fused-ring (bicyclic) bond motifs is 1. The van der Waals surface area contributed by atoms with Crippen LogP contribution in [-0.2, 0) is 24.2 Å². The molecule has 0 saturated carbocycles. The molecule has 0 aliphatic carbocycles. The highest BCUT2D eigenvalue weighted by molar-refractivity contribution is 8.08. The smallest absolute Gasteiger partial charge is 0.327 e. The number of hydrogen-bond acceptors (Lipinski definition) is 7. The molecule has 9 heteroatoms. The van der Waals surface area contributed by atoms with Crippen molar-refractivity contribution in [3.8, 4) is 0 Å². The lowest BCUT2D eigenvalue weighted by Gasteiger charge is -2.27. The molecule has 0 N–H and O–H groups in total. The Balaban J connectivity index is 2.02. The van der Waals surface area contributed by atoms with Crippen LogP contribution in [0.4, 0.5) is 5.69 Å². The molecule has 1 saturated heterocycles. The molecule has 2 heterocycles. The number of anilines is 1. The van der Waals surface area contributed by atoms with E-state index in [1.165, 1.54) is 16.0 Å². The van der Waals surface area contributed by atoms with Gasteiger partial charge in [-0.1, -0.05) is 12.1 Å². The van der Waals surface area contributed by atoms with Gasteiger partial charge >= 0.3 is 5.97 Å². The lowest BCUT2D eigenvalue weighted by molar-refractivity contribution is -0.141. The van der Waals surface area contributed by atoms with Crippen molar-refractivity contribution in [3.63, 3.8) is 0 Å². The number of nitrogens with zero attached hydrogens (tertiary/aromatic N) is 3. The highest BCUT2D eigenvalue weighted by atomic mass is 32.2. The number of hydrazone groups is 1. The second-order valence-electron chi connectivity index (χ2n) is 5.74. The van der Waals surface area contributed by atoms with Crippen LogP contribution in [0.1, 0.15) is 19.8 Å². The number of esters is 1. The summed E-state index contributed by atoms with van der Waals surface area (Å²) in [7, 11) is -4.04. The van der Waals surface area contributed by atoms with E-state index in [0.717, 1.165) is 12.8 Å². The summed E-state index contributed by atoms with van der Waals surface area (Å²) in [6.07, 6.45) is 1.67. The quantitative estimate of drug-likeness (QED) is 0.732. The van der Waals surface area contributed by atoms with E-state index in [1.54, 1.807) is 25.1 Å². The summed E-state index contributed by atoms with van der Waals surface area (Å²) in [4.78, 5) is 25.9. The Morgan fingerprint density at radius 2 is 1.88 bits per heavy atom. The van der Waals surface area contributed by atoms with E-state index >= 15 is 0 Å². The fraction of sp³-hybridized carbons (Fsp3) is 0.438. The van der Waals surface area contributed by atoms with E-state index in [4.69, 9.17) is 4.74 Å². The van der Waals surface area contributed by atoms with Gasteiger partial charge in [-0.3, -0.25) is 14.6 Å². The van der Waals surface area contributed by atoms with Gasteiger partial charge in [0.1, 0.15) is 6.54 Å². The third kappa shape index (κ3) is 3.23. The van der Waals surface area contributed by atoms with Gasteiger partial charge in [-0.05, 0) is 31.9 Å². The van der Waals surface area contributed by atoms with Crippen LogP contribution >= 0.6 is 0 Å². The minimum Gasteiger partial charge on any atom is -0.465 e. The van der Waals surface area contributed by atoms with Crippen LogP contribution in [0.15, 0.2) is 34.3 Å². The maximum Gasteiger partial charge on any atom is 0.327 e. The molecular weight excluding hydrogens is 346 g/mol. The number of rotatable bonds is 4. The number of sulfone groups is 1. The van der Waals surface area contributed by atoms with Crippen molar-refractivity contribution in [2.24, 2.45) is 5.10 Å². The first-order valence-corrected chi connectivity index (χ1v) is 9.58. The average Bonchev–Trinajstić information content (AvgIpc) is 3.12. The Hall–Kier alpha value is -2.42. The molecular formula is C16H19N3O5S. The second-order valence-corrected chi connectivity index (χ2v) is 7.57. The van der Waals surface area contributed by atoms with E-state index in [2.05, 4.69) is 5.10 Å². The van der Waals surface area contributed by atoms with Gasteiger partial charge in [0.15, 0.2) is 0 Å². The molecule has 0 spiro atoms. The van der Waals surface area contributed by atoms with Crippen molar-refractivity contribution in [2.75, 3.05) is 31.3 Å². The van der Waals surface area contributed by atoms with Gasteiger partial charge < -0.3 is 9.64 Å². The molecule has 0 unspecified atom stereocenters. The van der Waals surface area contributed by atoms with Gasteiger partial charge in [-0.2, -0.15) is 5.10 Å². The fourth-order valence-corrected chi connectivity index (χ4v) is 4.36. The van der Waals surface area contributed by atoms with E-state index in [0.29, 0.717) is 13.1 Å². The summed E-state index contributed by atoms with van der Waals surface area (Å²) in [5, 5.41) is 4.69. The van der Waals surface area contributed by atoms with Gasteiger partial charge in [0.25, 0.3) is 5.91 Å². The van der Waals surface area contributed by atoms with Gasteiger partial charge in [0.2, 0.25) is 14.9 Å². The molecule has 2 aliphatic heterocycles.